The molecule has 1 aliphatic heterocycles. The van der Waals surface area contributed by atoms with Crippen molar-refractivity contribution in [2.24, 2.45) is 0 Å². The molecule has 0 N–H and O–H groups in total. The standard InChI is InChI=1S/C9H10ClS/c10-11-7-3-5-8-4-1-2-6-9(8)11/h1-2,4,6H,3,5,7H2/q+1. The molecule has 1 aromatic rings. The van der Waals surface area contributed by atoms with E-state index in [2.05, 4.69) is 24.3 Å². The molecule has 2 rings (SSSR count). The van der Waals surface area contributed by atoms with E-state index in [0.717, 1.165) is 0 Å². The van der Waals surface area contributed by atoms with Crippen molar-refractivity contribution in [3.05, 3.63) is 29.8 Å². The van der Waals surface area contributed by atoms with Gasteiger partial charge in [-0.05, 0) is 18.9 Å². The first-order valence-corrected chi connectivity index (χ1v) is 6.05. The maximum absolute atomic E-state index is 6.17. The van der Waals surface area contributed by atoms with E-state index in [1.165, 1.54) is 29.1 Å². The quantitative estimate of drug-likeness (QED) is 0.546. The number of fused-ring (bicyclic) bond motifs is 1. The van der Waals surface area contributed by atoms with E-state index in [-0.39, 0.29) is 10.1 Å². The second kappa shape index (κ2) is 3.08. The maximum atomic E-state index is 6.17. The first-order chi connectivity index (χ1) is 5.38. The number of aryl methyl sites for hydroxylation is 1. The second-order valence-electron chi connectivity index (χ2n) is 2.75. The van der Waals surface area contributed by atoms with E-state index in [1.807, 2.05) is 0 Å². The van der Waals surface area contributed by atoms with Crippen LogP contribution in [-0.4, -0.2) is 5.75 Å². The van der Waals surface area contributed by atoms with Crippen LogP contribution in [0.5, 0.6) is 0 Å². The van der Waals surface area contributed by atoms with Crippen molar-refractivity contribution in [1.29, 1.82) is 0 Å². The summed E-state index contributed by atoms with van der Waals surface area (Å²) in [6.45, 7) is 0. The molecular weight excluding hydrogens is 176 g/mol. The zero-order valence-electron chi connectivity index (χ0n) is 6.22. The predicted molar refractivity (Wildman–Crippen MR) is 51.1 cm³/mol. The van der Waals surface area contributed by atoms with Crippen molar-refractivity contribution in [2.75, 3.05) is 5.75 Å². The van der Waals surface area contributed by atoms with Crippen molar-refractivity contribution in [2.45, 2.75) is 17.7 Å². The molecule has 0 radical (unpaired) electrons. The van der Waals surface area contributed by atoms with Gasteiger partial charge < -0.3 is 0 Å². The first-order valence-electron chi connectivity index (χ1n) is 3.83. The molecule has 0 nitrogen and oxygen atoms in total. The fourth-order valence-electron chi connectivity index (χ4n) is 1.43. The van der Waals surface area contributed by atoms with Crippen LogP contribution in [0, 0.1) is 0 Å². The lowest BCUT2D eigenvalue weighted by atomic mass is 10.1. The molecule has 58 valence electrons. The molecule has 11 heavy (non-hydrogen) atoms. The highest BCUT2D eigenvalue weighted by atomic mass is 35.7. The van der Waals surface area contributed by atoms with Crippen LogP contribution in [0.4, 0.5) is 0 Å². The lowest BCUT2D eigenvalue weighted by molar-refractivity contribution is 0.886. The summed E-state index contributed by atoms with van der Waals surface area (Å²) in [6.07, 6.45) is 2.47. The Balaban J connectivity index is 2.44. The molecule has 1 heterocycles. The first kappa shape index (κ1) is 7.51. The normalized spacial score (nSPS) is 22.8. The van der Waals surface area contributed by atoms with E-state index >= 15 is 0 Å². The van der Waals surface area contributed by atoms with E-state index in [0.29, 0.717) is 0 Å². The van der Waals surface area contributed by atoms with E-state index in [1.54, 1.807) is 0 Å². The summed E-state index contributed by atoms with van der Waals surface area (Å²) < 4.78 is 0. The van der Waals surface area contributed by atoms with Gasteiger partial charge >= 0.3 is 0 Å². The highest BCUT2D eigenvalue weighted by molar-refractivity contribution is 8.18. The topological polar surface area (TPSA) is 0 Å². The third kappa shape index (κ3) is 1.40. The number of halogens is 1. The Bertz CT molecular complexity index is 259. The second-order valence-corrected chi connectivity index (χ2v) is 5.37. The fraction of sp³-hybridized carbons (Fsp3) is 0.333. The maximum Gasteiger partial charge on any atom is 0.182 e. The number of hydrogen-bond donors (Lipinski definition) is 0. The predicted octanol–water partition coefficient (Wildman–Crippen LogP) is 2.76. The van der Waals surface area contributed by atoms with Gasteiger partial charge in [-0.25, -0.2) is 0 Å². The minimum absolute atomic E-state index is 0.00708. The zero-order chi connectivity index (χ0) is 7.68. The summed E-state index contributed by atoms with van der Waals surface area (Å²) in [5, 5.41) is 0. The van der Waals surface area contributed by atoms with Crippen molar-refractivity contribution >= 4 is 20.8 Å². The summed E-state index contributed by atoms with van der Waals surface area (Å²) in [6, 6.07) is 8.52. The molecule has 1 atom stereocenters. The fourth-order valence-corrected chi connectivity index (χ4v) is 3.50. The zero-order valence-corrected chi connectivity index (χ0v) is 7.79. The third-order valence-corrected chi connectivity index (χ3v) is 4.47. The lowest BCUT2D eigenvalue weighted by Crippen LogP contribution is -2.10. The molecule has 0 amide bonds. The molecule has 0 saturated heterocycles. The largest absolute Gasteiger partial charge is 0.182 e. The summed E-state index contributed by atoms with van der Waals surface area (Å²) in [7, 11) is 6.18. The Hall–Kier alpha value is -0.140. The molecule has 1 aliphatic rings. The summed E-state index contributed by atoms with van der Waals surface area (Å²) >= 11 is 0. The van der Waals surface area contributed by atoms with Crippen LogP contribution in [0.3, 0.4) is 0 Å². The smallest absolute Gasteiger partial charge is 0.0616 e. The highest BCUT2D eigenvalue weighted by Gasteiger charge is 2.27. The van der Waals surface area contributed by atoms with Crippen LogP contribution in [0.15, 0.2) is 29.2 Å². The van der Waals surface area contributed by atoms with Crippen molar-refractivity contribution in [3.8, 4) is 0 Å². The third-order valence-electron chi connectivity index (χ3n) is 1.98. The van der Waals surface area contributed by atoms with Gasteiger partial charge in [-0.15, -0.1) is 0 Å². The molecule has 1 aromatic carbocycles. The average Bonchev–Trinajstić information content (AvgIpc) is 2.06. The van der Waals surface area contributed by atoms with Crippen molar-refractivity contribution < 1.29 is 0 Å². The Kier molecular flexibility index (Phi) is 2.10. The van der Waals surface area contributed by atoms with Crippen LogP contribution >= 0.6 is 10.7 Å². The lowest BCUT2D eigenvalue weighted by Gasteiger charge is -2.10. The molecule has 2 heteroatoms. The van der Waals surface area contributed by atoms with Gasteiger partial charge in [0.1, 0.15) is 15.9 Å². The molecule has 0 spiro atoms. The van der Waals surface area contributed by atoms with Crippen LogP contribution < -0.4 is 0 Å². The molecular formula is C9H10ClS+. The summed E-state index contributed by atoms with van der Waals surface area (Å²) in [5.74, 6) is 1.17. The summed E-state index contributed by atoms with van der Waals surface area (Å²) in [4.78, 5) is 1.38. The minimum atomic E-state index is 0.00708. The minimum Gasteiger partial charge on any atom is -0.0616 e. The highest BCUT2D eigenvalue weighted by Crippen LogP contribution is 2.28. The van der Waals surface area contributed by atoms with E-state index in [9.17, 15) is 0 Å². The van der Waals surface area contributed by atoms with Gasteiger partial charge in [0, 0.05) is 5.56 Å². The summed E-state index contributed by atoms with van der Waals surface area (Å²) in [5.41, 5.74) is 1.46. The molecule has 0 fully saturated rings. The van der Waals surface area contributed by atoms with Gasteiger partial charge in [0.05, 0.1) is 0 Å². The number of rotatable bonds is 0. The Labute approximate surface area is 74.4 Å². The molecule has 1 unspecified atom stereocenters. The van der Waals surface area contributed by atoms with Gasteiger partial charge in [0.2, 0.25) is 0 Å². The average molecular weight is 186 g/mol. The molecule has 0 aliphatic carbocycles. The molecule has 0 bridgehead atoms. The van der Waals surface area contributed by atoms with Gasteiger partial charge in [-0.3, -0.25) is 0 Å². The van der Waals surface area contributed by atoms with Gasteiger partial charge in [-0.2, -0.15) is 0 Å². The number of hydrogen-bond acceptors (Lipinski definition) is 0. The molecule has 0 saturated carbocycles. The van der Waals surface area contributed by atoms with Crippen molar-refractivity contribution in [3.63, 3.8) is 0 Å². The van der Waals surface area contributed by atoms with E-state index in [4.69, 9.17) is 10.7 Å². The van der Waals surface area contributed by atoms with Crippen LogP contribution in [0.1, 0.15) is 12.0 Å². The van der Waals surface area contributed by atoms with Gasteiger partial charge in [-0.1, -0.05) is 18.2 Å². The van der Waals surface area contributed by atoms with Crippen LogP contribution in [-0.2, 0) is 16.5 Å². The van der Waals surface area contributed by atoms with Gasteiger partial charge in [0.15, 0.2) is 15.6 Å². The van der Waals surface area contributed by atoms with Gasteiger partial charge in [0.25, 0.3) is 0 Å². The van der Waals surface area contributed by atoms with Crippen molar-refractivity contribution in [1.82, 2.24) is 0 Å². The Morgan fingerprint density at radius 3 is 2.91 bits per heavy atom. The SMILES string of the molecule is Cl[S+]1CCCc2ccccc21. The monoisotopic (exact) mass is 185 g/mol. The van der Waals surface area contributed by atoms with Crippen LogP contribution in [0.2, 0.25) is 0 Å². The molecule has 0 aromatic heterocycles. The van der Waals surface area contributed by atoms with Crippen LogP contribution in [0.25, 0.3) is 0 Å². The Morgan fingerprint density at radius 1 is 1.27 bits per heavy atom. The number of benzene rings is 1. The Morgan fingerprint density at radius 2 is 2.09 bits per heavy atom. The van der Waals surface area contributed by atoms with E-state index < -0.39 is 0 Å².